The number of aromatic nitrogens is 2. The van der Waals surface area contributed by atoms with Crippen LogP contribution in [0.25, 0.3) is 5.69 Å². The summed E-state index contributed by atoms with van der Waals surface area (Å²) in [5.74, 6) is -0.0900. The Morgan fingerprint density at radius 2 is 2.22 bits per heavy atom. The third-order valence-corrected chi connectivity index (χ3v) is 2.51. The van der Waals surface area contributed by atoms with E-state index in [1.54, 1.807) is 17.0 Å². The van der Waals surface area contributed by atoms with Crippen LogP contribution in [0.15, 0.2) is 54.9 Å². The Bertz CT molecular complexity index is 544. The predicted octanol–water partition coefficient (Wildman–Crippen LogP) is 2.06. The van der Waals surface area contributed by atoms with Gasteiger partial charge in [-0.3, -0.25) is 4.79 Å². The summed E-state index contributed by atoms with van der Waals surface area (Å²) in [5, 5.41) is 7.04. The Kier molecular flexibility index (Phi) is 3.91. The fourth-order valence-corrected chi connectivity index (χ4v) is 1.69. The molecule has 1 amide bonds. The molecule has 0 bridgehead atoms. The van der Waals surface area contributed by atoms with Crippen molar-refractivity contribution in [3.05, 3.63) is 60.4 Å². The lowest BCUT2D eigenvalue weighted by molar-refractivity contribution is -0.116. The molecule has 0 atom stereocenters. The SMILES string of the molecule is CC=CC(=O)NCc1ccccc1-n1cccn1. The molecule has 0 fully saturated rings. The maximum atomic E-state index is 11.4. The summed E-state index contributed by atoms with van der Waals surface area (Å²) in [6.07, 6.45) is 6.84. The summed E-state index contributed by atoms with van der Waals surface area (Å²) in [6.45, 7) is 2.30. The smallest absolute Gasteiger partial charge is 0.243 e. The number of carbonyl (C=O) groups excluding carboxylic acids is 1. The van der Waals surface area contributed by atoms with Gasteiger partial charge >= 0.3 is 0 Å². The highest BCUT2D eigenvalue weighted by Crippen LogP contribution is 2.12. The van der Waals surface area contributed by atoms with Crippen LogP contribution in [0.3, 0.4) is 0 Å². The molecule has 2 aromatic rings. The van der Waals surface area contributed by atoms with Gasteiger partial charge in [0.1, 0.15) is 0 Å². The fourth-order valence-electron chi connectivity index (χ4n) is 1.69. The van der Waals surface area contributed by atoms with Crippen LogP contribution in [0.2, 0.25) is 0 Å². The molecule has 0 saturated heterocycles. The maximum Gasteiger partial charge on any atom is 0.243 e. The second kappa shape index (κ2) is 5.82. The monoisotopic (exact) mass is 241 g/mol. The summed E-state index contributed by atoms with van der Waals surface area (Å²) < 4.78 is 1.79. The molecule has 4 heteroatoms. The largest absolute Gasteiger partial charge is 0.348 e. The van der Waals surface area contributed by atoms with Crippen LogP contribution in [-0.4, -0.2) is 15.7 Å². The van der Waals surface area contributed by atoms with E-state index in [9.17, 15) is 4.79 Å². The second-order valence-electron chi connectivity index (χ2n) is 3.80. The Morgan fingerprint density at radius 3 is 2.94 bits per heavy atom. The molecule has 18 heavy (non-hydrogen) atoms. The maximum absolute atomic E-state index is 11.4. The normalized spacial score (nSPS) is 10.7. The van der Waals surface area contributed by atoms with Crippen molar-refractivity contribution < 1.29 is 4.79 Å². The van der Waals surface area contributed by atoms with E-state index in [-0.39, 0.29) is 5.91 Å². The quantitative estimate of drug-likeness (QED) is 0.833. The summed E-state index contributed by atoms with van der Waals surface area (Å²) >= 11 is 0. The summed E-state index contributed by atoms with van der Waals surface area (Å²) in [6, 6.07) is 9.73. The van der Waals surface area contributed by atoms with Crippen LogP contribution >= 0.6 is 0 Å². The highest BCUT2D eigenvalue weighted by atomic mass is 16.1. The molecule has 4 nitrogen and oxygen atoms in total. The van der Waals surface area contributed by atoms with Gasteiger partial charge in [0.05, 0.1) is 5.69 Å². The van der Waals surface area contributed by atoms with Crippen molar-refractivity contribution in [3.8, 4) is 5.69 Å². The number of hydrogen-bond acceptors (Lipinski definition) is 2. The van der Waals surface area contributed by atoms with Crippen LogP contribution in [-0.2, 0) is 11.3 Å². The Labute approximate surface area is 106 Å². The van der Waals surface area contributed by atoms with E-state index in [0.717, 1.165) is 11.3 Å². The van der Waals surface area contributed by atoms with Crippen molar-refractivity contribution in [1.82, 2.24) is 15.1 Å². The molecule has 1 N–H and O–H groups in total. The van der Waals surface area contributed by atoms with E-state index < -0.39 is 0 Å². The number of amides is 1. The van der Waals surface area contributed by atoms with E-state index >= 15 is 0 Å². The molecular formula is C14H15N3O. The van der Waals surface area contributed by atoms with Crippen LogP contribution in [0.4, 0.5) is 0 Å². The summed E-state index contributed by atoms with van der Waals surface area (Å²) in [5.41, 5.74) is 2.00. The van der Waals surface area contributed by atoms with E-state index in [1.807, 2.05) is 43.5 Å². The van der Waals surface area contributed by atoms with E-state index in [1.165, 1.54) is 6.08 Å². The van der Waals surface area contributed by atoms with Gasteiger partial charge in [-0.05, 0) is 30.7 Å². The van der Waals surface area contributed by atoms with Gasteiger partial charge in [-0.15, -0.1) is 0 Å². The molecule has 1 heterocycles. The van der Waals surface area contributed by atoms with Gasteiger partial charge in [0.25, 0.3) is 0 Å². The van der Waals surface area contributed by atoms with Crippen molar-refractivity contribution in [2.75, 3.05) is 0 Å². The van der Waals surface area contributed by atoms with E-state index in [0.29, 0.717) is 6.54 Å². The van der Waals surface area contributed by atoms with Crippen molar-refractivity contribution in [2.45, 2.75) is 13.5 Å². The minimum atomic E-state index is -0.0900. The van der Waals surface area contributed by atoms with Gasteiger partial charge in [0.15, 0.2) is 0 Å². The van der Waals surface area contributed by atoms with Gasteiger partial charge < -0.3 is 5.32 Å². The van der Waals surface area contributed by atoms with Crippen LogP contribution in [0, 0.1) is 0 Å². The Hall–Kier alpha value is -2.36. The lowest BCUT2D eigenvalue weighted by Crippen LogP contribution is -2.21. The lowest BCUT2D eigenvalue weighted by atomic mass is 10.2. The zero-order valence-corrected chi connectivity index (χ0v) is 10.2. The van der Waals surface area contributed by atoms with Crippen LogP contribution in [0.1, 0.15) is 12.5 Å². The first-order valence-electron chi connectivity index (χ1n) is 5.79. The fraction of sp³-hybridized carbons (Fsp3) is 0.143. The first-order valence-corrected chi connectivity index (χ1v) is 5.79. The van der Waals surface area contributed by atoms with E-state index in [2.05, 4.69) is 10.4 Å². The average molecular weight is 241 g/mol. The molecule has 0 aliphatic heterocycles. The van der Waals surface area contributed by atoms with Crippen molar-refractivity contribution >= 4 is 5.91 Å². The summed E-state index contributed by atoms with van der Waals surface area (Å²) in [4.78, 5) is 11.4. The molecular weight excluding hydrogens is 226 g/mol. The van der Waals surface area contributed by atoms with Crippen LogP contribution < -0.4 is 5.32 Å². The van der Waals surface area contributed by atoms with Crippen molar-refractivity contribution in [1.29, 1.82) is 0 Å². The molecule has 2 rings (SSSR count). The van der Waals surface area contributed by atoms with Gasteiger partial charge in [0.2, 0.25) is 5.91 Å². The molecule has 1 aromatic carbocycles. The number of hydrogen-bond donors (Lipinski definition) is 1. The molecule has 0 unspecified atom stereocenters. The molecule has 0 aliphatic rings. The number of nitrogens with one attached hydrogen (secondary N) is 1. The van der Waals surface area contributed by atoms with Crippen molar-refractivity contribution in [3.63, 3.8) is 0 Å². The zero-order chi connectivity index (χ0) is 12.8. The molecule has 1 aromatic heterocycles. The minimum absolute atomic E-state index is 0.0900. The molecule has 0 spiro atoms. The van der Waals surface area contributed by atoms with Gasteiger partial charge in [0, 0.05) is 18.9 Å². The number of rotatable bonds is 4. The zero-order valence-electron chi connectivity index (χ0n) is 10.2. The Morgan fingerprint density at radius 1 is 1.39 bits per heavy atom. The van der Waals surface area contributed by atoms with E-state index in [4.69, 9.17) is 0 Å². The third kappa shape index (κ3) is 2.85. The topological polar surface area (TPSA) is 46.9 Å². The number of allylic oxidation sites excluding steroid dienone is 1. The lowest BCUT2D eigenvalue weighted by Gasteiger charge is -2.09. The number of carbonyl (C=O) groups is 1. The number of benzene rings is 1. The Balaban J connectivity index is 2.16. The second-order valence-corrected chi connectivity index (χ2v) is 3.80. The van der Waals surface area contributed by atoms with Crippen LogP contribution in [0.5, 0.6) is 0 Å². The van der Waals surface area contributed by atoms with Gasteiger partial charge in [-0.2, -0.15) is 5.10 Å². The highest BCUT2D eigenvalue weighted by Gasteiger charge is 2.04. The number of nitrogens with zero attached hydrogens (tertiary/aromatic N) is 2. The molecule has 0 saturated carbocycles. The number of para-hydroxylation sites is 1. The first kappa shape index (κ1) is 12.1. The molecule has 92 valence electrons. The van der Waals surface area contributed by atoms with Crippen molar-refractivity contribution in [2.24, 2.45) is 0 Å². The highest BCUT2D eigenvalue weighted by molar-refractivity contribution is 5.87. The van der Waals surface area contributed by atoms with Gasteiger partial charge in [-0.25, -0.2) is 4.68 Å². The molecule has 0 radical (unpaired) electrons. The molecule has 0 aliphatic carbocycles. The standard InChI is InChI=1S/C14H15N3O/c1-2-6-14(18)15-11-12-7-3-4-8-13(12)17-10-5-9-16-17/h2-10H,11H2,1H3,(H,15,18). The minimum Gasteiger partial charge on any atom is -0.348 e. The third-order valence-electron chi connectivity index (χ3n) is 2.51. The first-order chi connectivity index (χ1) is 8.81. The average Bonchev–Trinajstić information content (AvgIpc) is 2.91. The summed E-state index contributed by atoms with van der Waals surface area (Å²) in [7, 11) is 0. The predicted molar refractivity (Wildman–Crippen MR) is 70.2 cm³/mol. The van der Waals surface area contributed by atoms with Gasteiger partial charge in [-0.1, -0.05) is 24.3 Å².